The van der Waals surface area contributed by atoms with Gasteiger partial charge in [0.15, 0.2) is 5.82 Å². The molecule has 0 aliphatic carbocycles. The number of nitrogens with zero attached hydrogens (tertiary/aromatic N) is 4. The van der Waals surface area contributed by atoms with Crippen LogP contribution < -0.4 is 15.0 Å². The minimum absolute atomic E-state index is 0.0746. The molecule has 4 rings (SSSR count). The highest BCUT2D eigenvalue weighted by Crippen LogP contribution is 2.25. The van der Waals surface area contributed by atoms with Crippen molar-refractivity contribution in [2.75, 3.05) is 31.1 Å². The molecular formula is C19H16F3N5O5. The van der Waals surface area contributed by atoms with Crippen molar-refractivity contribution in [2.45, 2.75) is 12.2 Å². The molecule has 10 nitrogen and oxygen atoms in total. The molecule has 0 bridgehead atoms. The molecule has 2 saturated heterocycles. The molecule has 0 unspecified atom stereocenters. The number of aromatic nitrogens is 2. The molecule has 3 heterocycles. The van der Waals surface area contributed by atoms with Gasteiger partial charge in [0, 0.05) is 19.6 Å². The van der Waals surface area contributed by atoms with Gasteiger partial charge in [-0.15, -0.1) is 0 Å². The fourth-order valence-electron chi connectivity index (χ4n) is 3.29. The molecule has 13 heteroatoms. The summed E-state index contributed by atoms with van der Waals surface area (Å²) in [5, 5.41) is 3.24. The number of ether oxygens (including phenoxy) is 2. The molecule has 1 aromatic heterocycles. The van der Waals surface area contributed by atoms with Crippen LogP contribution in [0.5, 0.6) is 11.6 Å². The Hall–Kier alpha value is -3.74. The summed E-state index contributed by atoms with van der Waals surface area (Å²) >= 11 is 0. The van der Waals surface area contributed by atoms with E-state index in [0.717, 1.165) is 18.7 Å². The largest absolute Gasteiger partial charge is 0.491 e. The number of urea groups is 1. The van der Waals surface area contributed by atoms with Gasteiger partial charge in [-0.3, -0.25) is 4.90 Å². The Kier molecular flexibility index (Phi) is 5.65. The van der Waals surface area contributed by atoms with Crippen LogP contribution >= 0.6 is 0 Å². The summed E-state index contributed by atoms with van der Waals surface area (Å²) in [5.41, 5.74) is -0.269. The lowest BCUT2D eigenvalue weighted by Gasteiger charge is -2.28. The standard InChI is InChI=1S/C19H16F3N5O5/c20-19(21,22)17(29)32-16(28)11-1-3-13(4-2-11)31-15-9-24-14(8-25-15)27-10-12-7-23-5-6-26(12)18(27)30/h1-4,8-9,12,23H,5-7,10H2/t12-/m0/s1. The van der Waals surface area contributed by atoms with Gasteiger partial charge in [0.25, 0.3) is 0 Å². The first kappa shape index (κ1) is 21.5. The lowest BCUT2D eigenvalue weighted by atomic mass is 10.2. The Balaban J connectivity index is 1.37. The monoisotopic (exact) mass is 451 g/mol. The van der Waals surface area contributed by atoms with E-state index in [1.54, 1.807) is 4.90 Å². The number of esters is 2. The third-order valence-electron chi connectivity index (χ3n) is 4.84. The van der Waals surface area contributed by atoms with E-state index < -0.39 is 18.1 Å². The molecule has 0 radical (unpaired) electrons. The Morgan fingerprint density at radius 3 is 2.50 bits per heavy atom. The van der Waals surface area contributed by atoms with E-state index in [1.165, 1.54) is 29.4 Å². The zero-order chi connectivity index (χ0) is 22.9. The van der Waals surface area contributed by atoms with Crippen molar-refractivity contribution >= 4 is 23.8 Å². The molecule has 2 aliphatic heterocycles. The van der Waals surface area contributed by atoms with Crippen molar-refractivity contribution in [1.29, 1.82) is 0 Å². The van der Waals surface area contributed by atoms with Crippen LogP contribution in [0.2, 0.25) is 0 Å². The van der Waals surface area contributed by atoms with E-state index >= 15 is 0 Å². The molecule has 168 valence electrons. The Morgan fingerprint density at radius 2 is 1.88 bits per heavy atom. The third kappa shape index (κ3) is 4.46. The predicted molar refractivity (Wildman–Crippen MR) is 101 cm³/mol. The number of carbonyl (C=O) groups excluding carboxylic acids is 3. The molecule has 2 fully saturated rings. The van der Waals surface area contributed by atoms with Crippen LogP contribution in [0.25, 0.3) is 0 Å². The second kappa shape index (κ2) is 8.42. The maximum Gasteiger partial charge on any atom is 0.491 e. The number of carbonyl (C=O) groups is 3. The number of halogens is 3. The number of hydrogen-bond donors (Lipinski definition) is 1. The molecule has 2 aromatic rings. The maximum absolute atomic E-state index is 12.5. The van der Waals surface area contributed by atoms with Crippen LogP contribution in [-0.2, 0) is 9.53 Å². The van der Waals surface area contributed by atoms with Crippen molar-refractivity contribution in [3.05, 3.63) is 42.2 Å². The Labute approximate surface area is 178 Å². The first-order valence-corrected chi connectivity index (χ1v) is 9.44. The predicted octanol–water partition coefficient (Wildman–Crippen LogP) is 1.73. The molecule has 1 atom stereocenters. The Morgan fingerprint density at radius 1 is 1.12 bits per heavy atom. The van der Waals surface area contributed by atoms with Crippen LogP contribution in [-0.4, -0.2) is 71.2 Å². The van der Waals surface area contributed by atoms with Gasteiger partial charge >= 0.3 is 24.1 Å². The van der Waals surface area contributed by atoms with Crippen molar-refractivity contribution in [2.24, 2.45) is 0 Å². The van der Waals surface area contributed by atoms with Gasteiger partial charge in [-0.2, -0.15) is 13.2 Å². The molecule has 0 saturated carbocycles. The lowest BCUT2D eigenvalue weighted by molar-refractivity contribution is -0.193. The van der Waals surface area contributed by atoms with Gasteiger partial charge in [-0.25, -0.2) is 24.4 Å². The number of alkyl halides is 3. The SMILES string of the molecule is O=C(OC(=O)C(F)(F)F)c1ccc(Oc2cnc(N3C[C@@H]4CNCCN4C3=O)cn2)cc1. The van der Waals surface area contributed by atoms with Crippen LogP contribution in [0.3, 0.4) is 0 Å². The summed E-state index contributed by atoms with van der Waals surface area (Å²) in [6.07, 6.45) is -2.55. The molecular weight excluding hydrogens is 435 g/mol. The van der Waals surface area contributed by atoms with Gasteiger partial charge < -0.3 is 19.7 Å². The summed E-state index contributed by atoms with van der Waals surface area (Å²) in [5.74, 6) is -3.34. The summed E-state index contributed by atoms with van der Waals surface area (Å²) in [4.78, 5) is 46.5. The number of fused-ring (bicyclic) bond motifs is 1. The zero-order valence-electron chi connectivity index (χ0n) is 16.3. The molecule has 2 amide bonds. The highest BCUT2D eigenvalue weighted by Gasteiger charge is 2.42. The van der Waals surface area contributed by atoms with Crippen molar-refractivity contribution < 1.29 is 37.0 Å². The average Bonchev–Trinajstić information content (AvgIpc) is 3.11. The zero-order valence-corrected chi connectivity index (χ0v) is 16.3. The number of rotatable bonds is 4. The van der Waals surface area contributed by atoms with Gasteiger partial charge in [-0.1, -0.05) is 0 Å². The summed E-state index contributed by atoms with van der Waals surface area (Å²) in [6, 6.07) is 4.79. The fourth-order valence-corrected chi connectivity index (χ4v) is 3.29. The minimum atomic E-state index is -5.27. The van der Waals surface area contributed by atoms with Crippen LogP contribution in [0.4, 0.5) is 23.8 Å². The van der Waals surface area contributed by atoms with Crippen LogP contribution in [0.15, 0.2) is 36.7 Å². The smallest absolute Gasteiger partial charge is 0.438 e. The van der Waals surface area contributed by atoms with Crippen LogP contribution in [0.1, 0.15) is 10.4 Å². The maximum atomic E-state index is 12.5. The number of anilines is 1. The number of amides is 2. The van der Waals surface area contributed by atoms with E-state index in [-0.39, 0.29) is 29.3 Å². The number of piperazine rings is 1. The highest BCUT2D eigenvalue weighted by molar-refractivity contribution is 5.98. The topological polar surface area (TPSA) is 114 Å². The van der Waals surface area contributed by atoms with Crippen molar-refractivity contribution in [1.82, 2.24) is 20.2 Å². The quantitative estimate of drug-likeness (QED) is 0.552. The van der Waals surface area contributed by atoms with E-state index in [9.17, 15) is 27.6 Å². The molecule has 1 N–H and O–H groups in total. The van der Waals surface area contributed by atoms with E-state index in [2.05, 4.69) is 20.0 Å². The number of hydrogen-bond acceptors (Lipinski definition) is 8. The van der Waals surface area contributed by atoms with Gasteiger partial charge in [0.1, 0.15) is 5.75 Å². The summed E-state index contributed by atoms with van der Waals surface area (Å²) in [7, 11) is 0. The minimum Gasteiger partial charge on any atom is -0.438 e. The third-order valence-corrected chi connectivity index (χ3v) is 4.84. The Bertz CT molecular complexity index is 1030. The van der Waals surface area contributed by atoms with Crippen molar-refractivity contribution in [3.8, 4) is 11.6 Å². The highest BCUT2D eigenvalue weighted by atomic mass is 19.4. The summed E-state index contributed by atoms with van der Waals surface area (Å²) < 4.78 is 45.8. The van der Waals surface area contributed by atoms with E-state index in [1.807, 2.05) is 0 Å². The first-order valence-electron chi connectivity index (χ1n) is 9.44. The van der Waals surface area contributed by atoms with Gasteiger partial charge in [0.05, 0.1) is 30.5 Å². The first-order chi connectivity index (χ1) is 15.2. The molecule has 2 aliphatic rings. The number of nitrogens with one attached hydrogen (secondary N) is 1. The van der Waals surface area contributed by atoms with Gasteiger partial charge in [0.2, 0.25) is 5.88 Å². The molecule has 1 aromatic carbocycles. The van der Waals surface area contributed by atoms with Crippen molar-refractivity contribution in [3.63, 3.8) is 0 Å². The fraction of sp³-hybridized carbons (Fsp3) is 0.316. The molecule has 32 heavy (non-hydrogen) atoms. The van der Waals surface area contributed by atoms with E-state index in [0.29, 0.717) is 25.5 Å². The lowest BCUT2D eigenvalue weighted by Crippen LogP contribution is -2.49. The molecule has 0 spiro atoms. The summed E-state index contributed by atoms with van der Waals surface area (Å²) in [6.45, 7) is 2.58. The average molecular weight is 451 g/mol. The normalized spacial score (nSPS) is 18.3. The number of benzene rings is 1. The van der Waals surface area contributed by atoms with Gasteiger partial charge in [-0.05, 0) is 24.3 Å². The second-order valence-corrected chi connectivity index (χ2v) is 6.96. The van der Waals surface area contributed by atoms with Crippen LogP contribution in [0, 0.1) is 0 Å². The second-order valence-electron chi connectivity index (χ2n) is 6.96. The van der Waals surface area contributed by atoms with E-state index in [4.69, 9.17) is 4.74 Å².